The van der Waals surface area contributed by atoms with Crippen LogP contribution in [0.1, 0.15) is 23.7 Å². The van der Waals surface area contributed by atoms with Crippen molar-refractivity contribution in [1.29, 1.82) is 5.26 Å². The number of thioether (sulfide) groups is 1. The summed E-state index contributed by atoms with van der Waals surface area (Å²) in [7, 11) is 0. The van der Waals surface area contributed by atoms with Crippen molar-refractivity contribution in [3.8, 4) is 6.07 Å². The summed E-state index contributed by atoms with van der Waals surface area (Å²) >= 11 is 1.47. The van der Waals surface area contributed by atoms with E-state index in [1.165, 1.54) is 11.8 Å². The number of nitrogens with zero attached hydrogens (tertiary/aromatic N) is 3. The van der Waals surface area contributed by atoms with E-state index < -0.39 is 0 Å². The molecular weight excluding hydrogens is 222 g/mol. The topological polar surface area (TPSA) is 69.8 Å². The van der Waals surface area contributed by atoms with Gasteiger partial charge in [0.05, 0.1) is 11.3 Å². The first kappa shape index (κ1) is 12.9. The first-order valence-corrected chi connectivity index (χ1v) is 6.06. The SMILES string of the molecule is Cc1nnc(SC[C@H](C)CO)c(C#N)c1C. The molecule has 1 atom stereocenters. The smallest absolute Gasteiger partial charge is 0.137 e. The van der Waals surface area contributed by atoms with Gasteiger partial charge in [-0.3, -0.25) is 0 Å². The Balaban J connectivity index is 2.89. The molecular formula is C11H15N3OS. The maximum atomic E-state index is 9.07. The predicted molar refractivity (Wildman–Crippen MR) is 63.2 cm³/mol. The first-order valence-electron chi connectivity index (χ1n) is 5.07. The highest BCUT2D eigenvalue weighted by molar-refractivity contribution is 7.99. The van der Waals surface area contributed by atoms with Gasteiger partial charge in [0.25, 0.3) is 0 Å². The summed E-state index contributed by atoms with van der Waals surface area (Å²) in [6, 6.07) is 2.16. The molecule has 1 aromatic heterocycles. The molecule has 0 amide bonds. The van der Waals surface area contributed by atoms with Gasteiger partial charge in [-0.25, -0.2) is 0 Å². The van der Waals surface area contributed by atoms with Crippen LogP contribution in [0.4, 0.5) is 0 Å². The van der Waals surface area contributed by atoms with Crippen LogP contribution in [-0.4, -0.2) is 27.7 Å². The summed E-state index contributed by atoms with van der Waals surface area (Å²) in [6.45, 7) is 5.82. The highest BCUT2D eigenvalue weighted by atomic mass is 32.2. The average molecular weight is 237 g/mol. The predicted octanol–water partition coefficient (Wildman–Crippen LogP) is 1.69. The summed E-state index contributed by atoms with van der Waals surface area (Å²) in [5.74, 6) is 0.933. The highest BCUT2D eigenvalue weighted by Gasteiger charge is 2.12. The highest BCUT2D eigenvalue weighted by Crippen LogP contribution is 2.24. The molecule has 0 saturated heterocycles. The van der Waals surface area contributed by atoms with Gasteiger partial charge in [0, 0.05) is 12.4 Å². The second-order valence-corrected chi connectivity index (χ2v) is 4.81. The van der Waals surface area contributed by atoms with Crippen LogP contribution >= 0.6 is 11.8 Å². The maximum absolute atomic E-state index is 9.07. The van der Waals surface area contributed by atoms with Crippen LogP contribution in [0.5, 0.6) is 0 Å². The number of aliphatic hydroxyl groups excluding tert-OH is 1. The van der Waals surface area contributed by atoms with E-state index in [0.29, 0.717) is 10.6 Å². The number of rotatable bonds is 4. The number of nitriles is 1. The van der Waals surface area contributed by atoms with Gasteiger partial charge in [-0.1, -0.05) is 6.92 Å². The van der Waals surface area contributed by atoms with E-state index in [9.17, 15) is 0 Å². The second-order valence-electron chi connectivity index (χ2n) is 3.80. The average Bonchev–Trinajstić information content (AvgIpc) is 2.30. The molecule has 1 N–H and O–H groups in total. The molecule has 1 rings (SSSR count). The van der Waals surface area contributed by atoms with Crippen LogP contribution in [0, 0.1) is 31.1 Å². The number of hydrogen-bond acceptors (Lipinski definition) is 5. The Kier molecular flexibility index (Phi) is 4.71. The standard InChI is InChI=1S/C11H15N3OS/c1-7(5-15)6-16-11-10(4-12)8(2)9(3)13-14-11/h7,15H,5-6H2,1-3H3/t7-/m1/s1. The minimum absolute atomic E-state index is 0.146. The normalized spacial score (nSPS) is 12.2. The molecule has 0 unspecified atom stereocenters. The Morgan fingerprint density at radius 1 is 1.44 bits per heavy atom. The van der Waals surface area contributed by atoms with E-state index >= 15 is 0 Å². The third-order valence-electron chi connectivity index (χ3n) is 2.35. The van der Waals surface area contributed by atoms with Gasteiger partial charge < -0.3 is 5.11 Å². The lowest BCUT2D eigenvalue weighted by Crippen LogP contribution is -2.05. The van der Waals surface area contributed by atoms with Gasteiger partial charge in [-0.15, -0.1) is 16.9 Å². The van der Waals surface area contributed by atoms with Crippen molar-refractivity contribution in [2.24, 2.45) is 5.92 Å². The Bertz CT molecular complexity index is 414. The van der Waals surface area contributed by atoms with Crippen LogP contribution in [0.3, 0.4) is 0 Å². The number of hydrogen-bond donors (Lipinski definition) is 1. The summed E-state index contributed by atoms with van der Waals surface area (Å²) in [4.78, 5) is 0. The fourth-order valence-corrected chi connectivity index (χ4v) is 2.08. The molecule has 0 aliphatic heterocycles. The molecule has 0 aliphatic rings. The zero-order valence-electron chi connectivity index (χ0n) is 9.69. The molecule has 1 aromatic rings. The monoisotopic (exact) mass is 237 g/mol. The van der Waals surface area contributed by atoms with Crippen molar-refractivity contribution in [2.75, 3.05) is 12.4 Å². The molecule has 16 heavy (non-hydrogen) atoms. The molecule has 0 aliphatic carbocycles. The fourth-order valence-electron chi connectivity index (χ4n) is 1.09. The van der Waals surface area contributed by atoms with E-state index in [-0.39, 0.29) is 12.5 Å². The third kappa shape index (κ3) is 2.94. The maximum Gasteiger partial charge on any atom is 0.137 e. The van der Waals surface area contributed by atoms with Crippen LogP contribution < -0.4 is 0 Å². The van der Waals surface area contributed by atoms with E-state index in [1.807, 2.05) is 20.8 Å². The molecule has 0 radical (unpaired) electrons. The van der Waals surface area contributed by atoms with Crippen LogP contribution in [0.25, 0.3) is 0 Å². The van der Waals surface area contributed by atoms with Crippen LogP contribution in [-0.2, 0) is 0 Å². The van der Waals surface area contributed by atoms with Crippen LogP contribution in [0.15, 0.2) is 5.03 Å². The van der Waals surface area contributed by atoms with Crippen molar-refractivity contribution >= 4 is 11.8 Å². The lowest BCUT2D eigenvalue weighted by molar-refractivity contribution is 0.250. The molecule has 0 bridgehead atoms. The van der Waals surface area contributed by atoms with Crippen molar-refractivity contribution in [1.82, 2.24) is 10.2 Å². The lowest BCUT2D eigenvalue weighted by atomic mass is 10.1. The zero-order valence-corrected chi connectivity index (χ0v) is 10.5. The Hall–Kier alpha value is -1.12. The second kappa shape index (κ2) is 5.83. The van der Waals surface area contributed by atoms with Crippen molar-refractivity contribution in [3.05, 3.63) is 16.8 Å². The van der Waals surface area contributed by atoms with Gasteiger partial charge in [-0.05, 0) is 25.3 Å². The van der Waals surface area contributed by atoms with Crippen LogP contribution in [0.2, 0.25) is 0 Å². The Labute approximate surface area is 99.7 Å². The molecule has 0 fully saturated rings. The third-order valence-corrected chi connectivity index (χ3v) is 3.65. The molecule has 1 heterocycles. The minimum atomic E-state index is 0.146. The summed E-state index contributed by atoms with van der Waals surface area (Å²) < 4.78 is 0. The van der Waals surface area contributed by atoms with Gasteiger partial charge >= 0.3 is 0 Å². The molecule has 86 valence electrons. The van der Waals surface area contributed by atoms with E-state index in [2.05, 4.69) is 16.3 Å². The van der Waals surface area contributed by atoms with E-state index in [0.717, 1.165) is 17.0 Å². The summed E-state index contributed by atoms with van der Waals surface area (Å²) in [5, 5.41) is 26.7. The van der Waals surface area contributed by atoms with Gasteiger partial charge in [0.15, 0.2) is 0 Å². The largest absolute Gasteiger partial charge is 0.396 e. The number of aromatic nitrogens is 2. The van der Waals surface area contributed by atoms with Gasteiger partial charge in [-0.2, -0.15) is 10.4 Å². The fraction of sp³-hybridized carbons (Fsp3) is 0.545. The zero-order chi connectivity index (χ0) is 12.1. The molecule has 0 spiro atoms. The van der Waals surface area contributed by atoms with Crippen molar-refractivity contribution < 1.29 is 5.11 Å². The number of aryl methyl sites for hydroxylation is 1. The minimum Gasteiger partial charge on any atom is -0.396 e. The van der Waals surface area contributed by atoms with E-state index in [4.69, 9.17) is 10.4 Å². The van der Waals surface area contributed by atoms with Gasteiger partial charge in [0.2, 0.25) is 0 Å². The molecule has 4 nitrogen and oxygen atoms in total. The number of aliphatic hydroxyl groups is 1. The van der Waals surface area contributed by atoms with E-state index in [1.54, 1.807) is 0 Å². The summed E-state index contributed by atoms with van der Waals surface area (Å²) in [6.07, 6.45) is 0. The quantitative estimate of drug-likeness (QED) is 0.807. The lowest BCUT2D eigenvalue weighted by Gasteiger charge is -2.09. The molecule has 5 heteroatoms. The molecule has 0 saturated carbocycles. The van der Waals surface area contributed by atoms with Gasteiger partial charge in [0.1, 0.15) is 11.1 Å². The summed E-state index contributed by atoms with van der Waals surface area (Å²) in [5.41, 5.74) is 2.27. The van der Waals surface area contributed by atoms with Crippen molar-refractivity contribution in [3.63, 3.8) is 0 Å². The first-order chi connectivity index (χ1) is 7.60. The Morgan fingerprint density at radius 3 is 2.69 bits per heavy atom. The molecule has 0 aromatic carbocycles. The van der Waals surface area contributed by atoms with Crippen molar-refractivity contribution in [2.45, 2.75) is 25.8 Å². The Morgan fingerprint density at radius 2 is 2.12 bits per heavy atom.